The molecule has 3 heterocycles. The molecule has 0 atom stereocenters. The zero-order valence-corrected chi connectivity index (χ0v) is 12.5. The molecule has 0 aromatic carbocycles. The summed E-state index contributed by atoms with van der Waals surface area (Å²) in [5, 5.41) is 0. The SMILES string of the molecule is O=c1[nH]cc(N2CCN(Cc3ccc(C(F)(F)F)o3)CC2)c(=O)[nH]1. The number of hydrogen-bond donors (Lipinski definition) is 2. The summed E-state index contributed by atoms with van der Waals surface area (Å²) in [6, 6.07) is 2.24. The Bertz CT molecular complexity index is 815. The standard InChI is InChI=1S/C14H15F3N4O3/c15-14(16,17)11-2-1-9(24-11)8-20-3-5-21(6-4-20)10-7-18-13(23)19-12(10)22/h1-2,7H,3-6,8H2,(H2,18,19,22,23). The van der Waals surface area contributed by atoms with Gasteiger partial charge in [0.15, 0.2) is 0 Å². The molecule has 0 aliphatic carbocycles. The van der Waals surface area contributed by atoms with E-state index in [0.29, 0.717) is 31.9 Å². The number of piperazine rings is 1. The minimum absolute atomic E-state index is 0.248. The fourth-order valence-electron chi connectivity index (χ4n) is 2.62. The highest BCUT2D eigenvalue weighted by Crippen LogP contribution is 2.30. The molecule has 7 nitrogen and oxygen atoms in total. The van der Waals surface area contributed by atoms with E-state index >= 15 is 0 Å². The molecule has 0 bridgehead atoms. The second kappa shape index (κ2) is 6.19. The van der Waals surface area contributed by atoms with E-state index in [1.807, 2.05) is 9.80 Å². The normalized spacial score (nSPS) is 16.5. The van der Waals surface area contributed by atoms with Gasteiger partial charge in [-0.05, 0) is 12.1 Å². The number of furan rings is 1. The van der Waals surface area contributed by atoms with Crippen molar-refractivity contribution in [2.45, 2.75) is 12.7 Å². The van der Waals surface area contributed by atoms with Gasteiger partial charge in [0.1, 0.15) is 11.4 Å². The first-order valence-corrected chi connectivity index (χ1v) is 7.28. The maximum absolute atomic E-state index is 12.5. The van der Waals surface area contributed by atoms with E-state index in [1.165, 1.54) is 12.3 Å². The minimum atomic E-state index is -4.48. The lowest BCUT2D eigenvalue weighted by Crippen LogP contribution is -2.47. The van der Waals surface area contributed by atoms with Crippen molar-refractivity contribution in [2.75, 3.05) is 31.1 Å². The molecule has 0 unspecified atom stereocenters. The third-order valence-electron chi connectivity index (χ3n) is 3.83. The van der Waals surface area contributed by atoms with Gasteiger partial charge in [0.25, 0.3) is 5.56 Å². The summed E-state index contributed by atoms with van der Waals surface area (Å²) >= 11 is 0. The molecule has 0 saturated carbocycles. The van der Waals surface area contributed by atoms with E-state index < -0.39 is 23.2 Å². The van der Waals surface area contributed by atoms with Crippen molar-refractivity contribution in [1.82, 2.24) is 14.9 Å². The smallest absolute Gasteiger partial charge is 0.449 e. The van der Waals surface area contributed by atoms with E-state index in [-0.39, 0.29) is 12.3 Å². The van der Waals surface area contributed by atoms with Gasteiger partial charge in [0.2, 0.25) is 5.76 Å². The Morgan fingerprint density at radius 3 is 2.42 bits per heavy atom. The van der Waals surface area contributed by atoms with Crippen molar-refractivity contribution in [1.29, 1.82) is 0 Å². The first-order valence-electron chi connectivity index (χ1n) is 7.28. The largest absolute Gasteiger partial charge is 0.455 e. The number of nitrogens with zero attached hydrogens (tertiary/aromatic N) is 2. The summed E-state index contributed by atoms with van der Waals surface area (Å²) in [6.07, 6.45) is -3.12. The molecule has 2 aromatic heterocycles. The van der Waals surface area contributed by atoms with Gasteiger partial charge in [-0.25, -0.2) is 4.79 Å². The Kier molecular flexibility index (Phi) is 4.22. The van der Waals surface area contributed by atoms with E-state index in [4.69, 9.17) is 4.42 Å². The molecule has 2 N–H and O–H groups in total. The fourth-order valence-corrected chi connectivity index (χ4v) is 2.62. The zero-order chi connectivity index (χ0) is 17.3. The average molecular weight is 344 g/mol. The monoisotopic (exact) mass is 344 g/mol. The summed E-state index contributed by atoms with van der Waals surface area (Å²) in [4.78, 5) is 31.1. The first kappa shape index (κ1) is 16.4. The number of halogens is 3. The Balaban J connectivity index is 1.60. The molecule has 0 radical (unpaired) electrons. The maximum atomic E-state index is 12.5. The van der Waals surface area contributed by atoms with Crippen LogP contribution in [0.5, 0.6) is 0 Å². The topological polar surface area (TPSA) is 85.3 Å². The Morgan fingerprint density at radius 1 is 1.12 bits per heavy atom. The van der Waals surface area contributed by atoms with Crippen LogP contribution in [-0.4, -0.2) is 41.0 Å². The molecule has 1 fully saturated rings. The molecule has 130 valence electrons. The van der Waals surface area contributed by atoms with E-state index in [1.54, 1.807) is 0 Å². The molecule has 1 saturated heterocycles. The van der Waals surface area contributed by atoms with Crippen molar-refractivity contribution < 1.29 is 17.6 Å². The molecule has 0 amide bonds. The van der Waals surface area contributed by atoms with Crippen LogP contribution in [0.4, 0.5) is 18.9 Å². The van der Waals surface area contributed by atoms with Crippen LogP contribution in [-0.2, 0) is 12.7 Å². The lowest BCUT2D eigenvalue weighted by Gasteiger charge is -2.34. The molecule has 10 heteroatoms. The van der Waals surface area contributed by atoms with Gasteiger partial charge in [0.05, 0.1) is 6.54 Å². The average Bonchev–Trinajstić information content (AvgIpc) is 2.97. The van der Waals surface area contributed by atoms with E-state index in [0.717, 1.165) is 6.07 Å². The predicted molar refractivity (Wildman–Crippen MR) is 78.9 cm³/mol. The number of H-pyrrole nitrogens is 2. The van der Waals surface area contributed by atoms with Gasteiger partial charge in [-0.3, -0.25) is 14.7 Å². The highest BCUT2D eigenvalue weighted by molar-refractivity contribution is 5.42. The molecule has 24 heavy (non-hydrogen) atoms. The summed E-state index contributed by atoms with van der Waals surface area (Å²) < 4.78 is 42.4. The predicted octanol–water partition coefficient (Wildman–Crippen LogP) is 0.997. The van der Waals surface area contributed by atoms with Crippen LogP contribution in [0.15, 0.2) is 32.3 Å². The maximum Gasteiger partial charge on any atom is 0.449 e. The van der Waals surface area contributed by atoms with Crippen molar-refractivity contribution in [2.24, 2.45) is 0 Å². The first-order chi connectivity index (χ1) is 11.3. The lowest BCUT2D eigenvalue weighted by molar-refractivity contribution is -0.153. The second-order valence-electron chi connectivity index (χ2n) is 5.48. The molecular weight excluding hydrogens is 329 g/mol. The number of hydrogen-bond acceptors (Lipinski definition) is 5. The molecular formula is C14H15F3N4O3. The van der Waals surface area contributed by atoms with Gasteiger partial charge in [-0.15, -0.1) is 0 Å². The summed E-state index contributed by atoms with van der Waals surface area (Å²) in [6.45, 7) is 2.41. The molecule has 1 aliphatic heterocycles. The highest BCUT2D eigenvalue weighted by atomic mass is 19.4. The molecule has 2 aromatic rings. The van der Waals surface area contributed by atoms with Gasteiger partial charge in [-0.2, -0.15) is 13.2 Å². The third kappa shape index (κ3) is 3.53. The fraction of sp³-hybridized carbons (Fsp3) is 0.429. The summed E-state index contributed by atoms with van der Waals surface area (Å²) in [5.74, 6) is -0.756. The summed E-state index contributed by atoms with van der Waals surface area (Å²) in [7, 11) is 0. The highest BCUT2D eigenvalue weighted by Gasteiger charge is 2.35. The van der Waals surface area contributed by atoms with Crippen molar-refractivity contribution in [3.05, 3.63) is 50.7 Å². The Morgan fingerprint density at radius 2 is 1.83 bits per heavy atom. The zero-order valence-electron chi connectivity index (χ0n) is 12.5. The number of anilines is 1. The molecule has 3 rings (SSSR count). The minimum Gasteiger partial charge on any atom is -0.455 e. The van der Waals surface area contributed by atoms with Crippen LogP contribution < -0.4 is 16.1 Å². The van der Waals surface area contributed by atoms with Crippen LogP contribution in [0.2, 0.25) is 0 Å². The van der Waals surface area contributed by atoms with Gasteiger partial charge >= 0.3 is 11.9 Å². The number of alkyl halides is 3. The van der Waals surface area contributed by atoms with E-state index in [9.17, 15) is 22.8 Å². The van der Waals surface area contributed by atoms with Crippen molar-refractivity contribution >= 4 is 5.69 Å². The third-order valence-corrected chi connectivity index (χ3v) is 3.83. The number of nitrogens with one attached hydrogen (secondary N) is 2. The molecule has 0 spiro atoms. The Labute approximate surface area is 133 Å². The molecule has 1 aliphatic rings. The van der Waals surface area contributed by atoms with Gasteiger partial charge in [-0.1, -0.05) is 0 Å². The quantitative estimate of drug-likeness (QED) is 0.868. The number of aromatic amines is 2. The second-order valence-corrected chi connectivity index (χ2v) is 5.48. The van der Waals surface area contributed by atoms with Crippen LogP contribution in [0.25, 0.3) is 0 Å². The van der Waals surface area contributed by atoms with Crippen LogP contribution in [0.3, 0.4) is 0 Å². The lowest BCUT2D eigenvalue weighted by atomic mass is 10.2. The number of aromatic nitrogens is 2. The van der Waals surface area contributed by atoms with E-state index in [2.05, 4.69) is 9.97 Å². The number of rotatable bonds is 3. The van der Waals surface area contributed by atoms with Gasteiger partial charge in [0, 0.05) is 32.4 Å². The van der Waals surface area contributed by atoms with Crippen molar-refractivity contribution in [3.8, 4) is 0 Å². The van der Waals surface area contributed by atoms with Crippen LogP contribution in [0, 0.1) is 0 Å². The van der Waals surface area contributed by atoms with Gasteiger partial charge < -0.3 is 14.3 Å². The van der Waals surface area contributed by atoms with Crippen molar-refractivity contribution in [3.63, 3.8) is 0 Å². The Hall–Kier alpha value is -2.49. The summed E-state index contributed by atoms with van der Waals surface area (Å²) in [5.41, 5.74) is -0.666. The van der Waals surface area contributed by atoms with Crippen LogP contribution in [0.1, 0.15) is 11.5 Å². The van der Waals surface area contributed by atoms with Crippen LogP contribution >= 0.6 is 0 Å².